The van der Waals surface area contributed by atoms with E-state index in [1.165, 1.54) is 6.42 Å². The van der Waals surface area contributed by atoms with Crippen molar-refractivity contribution in [3.8, 4) is 5.75 Å². The van der Waals surface area contributed by atoms with Crippen molar-refractivity contribution in [2.24, 2.45) is 5.41 Å². The van der Waals surface area contributed by atoms with Crippen molar-refractivity contribution >= 4 is 0 Å². The molecule has 0 aliphatic rings. The Morgan fingerprint density at radius 2 is 1.71 bits per heavy atom. The van der Waals surface area contributed by atoms with Gasteiger partial charge in [-0.3, -0.25) is 0 Å². The number of para-hydroxylation sites is 1. The summed E-state index contributed by atoms with van der Waals surface area (Å²) in [6.45, 7) is 7.60. The van der Waals surface area contributed by atoms with Crippen molar-refractivity contribution in [1.29, 1.82) is 0 Å². The van der Waals surface area contributed by atoms with Crippen LogP contribution in [0, 0.1) is 5.41 Å². The van der Waals surface area contributed by atoms with Gasteiger partial charge >= 0.3 is 0 Å². The second kappa shape index (κ2) is 5.04. The van der Waals surface area contributed by atoms with E-state index in [-0.39, 0.29) is 0 Å². The molecule has 0 bridgehead atoms. The van der Waals surface area contributed by atoms with Crippen LogP contribution >= 0.6 is 0 Å². The Labute approximate surface area is 87.1 Å². The topological polar surface area (TPSA) is 9.23 Å². The summed E-state index contributed by atoms with van der Waals surface area (Å²) in [5.74, 6) is 0.974. The fourth-order valence-electron chi connectivity index (χ4n) is 1.31. The molecule has 0 saturated heterocycles. The largest absolute Gasteiger partial charge is 0.494 e. The van der Waals surface area contributed by atoms with Gasteiger partial charge in [-0.15, -0.1) is 0 Å². The van der Waals surface area contributed by atoms with Gasteiger partial charge in [-0.25, -0.2) is 0 Å². The summed E-state index contributed by atoms with van der Waals surface area (Å²) in [5, 5.41) is 0. The molecule has 0 unspecified atom stereocenters. The molecular formula is C13H20O. The molecule has 0 aromatic heterocycles. The lowest BCUT2D eigenvalue weighted by Gasteiger charge is -2.17. The Balaban J connectivity index is 2.17. The average molecular weight is 192 g/mol. The van der Waals surface area contributed by atoms with E-state index in [0.29, 0.717) is 5.41 Å². The number of benzene rings is 1. The van der Waals surface area contributed by atoms with Gasteiger partial charge in [-0.05, 0) is 30.4 Å². The highest BCUT2D eigenvalue weighted by Gasteiger charge is 2.08. The van der Waals surface area contributed by atoms with Gasteiger partial charge in [0.2, 0.25) is 0 Å². The number of hydrogen-bond donors (Lipinski definition) is 0. The van der Waals surface area contributed by atoms with Crippen LogP contribution in [0.5, 0.6) is 5.75 Å². The predicted octanol–water partition coefficient (Wildman–Crippen LogP) is 3.89. The van der Waals surface area contributed by atoms with Crippen LogP contribution in [0.4, 0.5) is 0 Å². The molecule has 0 heterocycles. The summed E-state index contributed by atoms with van der Waals surface area (Å²) < 4.78 is 5.60. The number of ether oxygens (including phenoxy) is 1. The maximum absolute atomic E-state index is 5.60. The first-order valence-corrected chi connectivity index (χ1v) is 5.26. The van der Waals surface area contributed by atoms with Crippen LogP contribution in [0.1, 0.15) is 33.6 Å². The normalized spacial score (nSPS) is 11.4. The molecule has 1 nitrogen and oxygen atoms in total. The lowest BCUT2D eigenvalue weighted by atomic mass is 9.91. The van der Waals surface area contributed by atoms with E-state index in [9.17, 15) is 0 Å². The first kappa shape index (κ1) is 11.1. The second-order valence-electron chi connectivity index (χ2n) is 4.83. The third-order valence-corrected chi connectivity index (χ3v) is 2.08. The van der Waals surface area contributed by atoms with Crippen molar-refractivity contribution in [3.63, 3.8) is 0 Å². The molecule has 0 aliphatic carbocycles. The minimum absolute atomic E-state index is 0.417. The van der Waals surface area contributed by atoms with Crippen LogP contribution in [0.2, 0.25) is 0 Å². The fraction of sp³-hybridized carbons (Fsp3) is 0.538. The van der Waals surface area contributed by atoms with Gasteiger partial charge in [0.25, 0.3) is 0 Å². The minimum atomic E-state index is 0.417. The summed E-state index contributed by atoms with van der Waals surface area (Å²) in [4.78, 5) is 0. The van der Waals surface area contributed by atoms with Crippen molar-refractivity contribution in [2.45, 2.75) is 33.6 Å². The molecule has 0 fully saturated rings. The van der Waals surface area contributed by atoms with Crippen LogP contribution in [-0.4, -0.2) is 6.61 Å². The Bertz CT molecular complexity index is 246. The van der Waals surface area contributed by atoms with E-state index in [1.807, 2.05) is 30.3 Å². The zero-order valence-electron chi connectivity index (χ0n) is 9.42. The highest BCUT2D eigenvalue weighted by molar-refractivity contribution is 5.20. The van der Waals surface area contributed by atoms with Crippen molar-refractivity contribution < 1.29 is 4.74 Å². The molecule has 14 heavy (non-hydrogen) atoms. The first-order chi connectivity index (χ1) is 6.58. The van der Waals surface area contributed by atoms with E-state index < -0.39 is 0 Å². The van der Waals surface area contributed by atoms with Crippen LogP contribution < -0.4 is 4.74 Å². The predicted molar refractivity (Wildman–Crippen MR) is 60.6 cm³/mol. The fourth-order valence-corrected chi connectivity index (χ4v) is 1.31. The Morgan fingerprint density at radius 3 is 2.29 bits per heavy atom. The van der Waals surface area contributed by atoms with Crippen LogP contribution in [0.15, 0.2) is 30.3 Å². The standard InChI is InChI=1S/C13H20O/c1-13(2,3)10-7-11-14-12-8-5-4-6-9-12/h4-6,8-9H,7,10-11H2,1-3H3. The minimum Gasteiger partial charge on any atom is -0.494 e. The monoisotopic (exact) mass is 192 g/mol. The summed E-state index contributed by atoms with van der Waals surface area (Å²) >= 11 is 0. The van der Waals surface area contributed by atoms with Crippen LogP contribution in [0.25, 0.3) is 0 Å². The molecule has 1 rings (SSSR count). The molecular weight excluding hydrogens is 172 g/mol. The number of hydrogen-bond acceptors (Lipinski definition) is 1. The quantitative estimate of drug-likeness (QED) is 0.657. The summed E-state index contributed by atoms with van der Waals surface area (Å²) in [6, 6.07) is 9.99. The van der Waals surface area contributed by atoms with Crippen molar-refractivity contribution in [1.82, 2.24) is 0 Å². The van der Waals surface area contributed by atoms with Crippen LogP contribution in [-0.2, 0) is 0 Å². The van der Waals surface area contributed by atoms with E-state index in [4.69, 9.17) is 4.74 Å². The van der Waals surface area contributed by atoms with E-state index in [2.05, 4.69) is 20.8 Å². The van der Waals surface area contributed by atoms with Crippen molar-refractivity contribution in [3.05, 3.63) is 30.3 Å². The third kappa shape index (κ3) is 4.90. The van der Waals surface area contributed by atoms with Crippen LogP contribution in [0.3, 0.4) is 0 Å². The van der Waals surface area contributed by atoms with E-state index >= 15 is 0 Å². The Kier molecular flexibility index (Phi) is 3.99. The lowest BCUT2D eigenvalue weighted by molar-refractivity contribution is 0.269. The molecule has 0 atom stereocenters. The molecule has 0 N–H and O–H groups in total. The molecule has 0 aliphatic heterocycles. The molecule has 0 saturated carbocycles. The molecule has 1 aromatic rings. The highest BCUT2D eigenvalue weighted by atomic mass is 16.5. The second-order valence-corrected chi connectivity index (χ2v) is 4.83. The zero-order chi connectivity index (χ0) is 10.4. The Hall–Kier alpha value is -0.980. The molecule has 0 spiro atoms. The SMILES string of the molecule is CC(C)(C)CCCOc1ccccc1. The van der Waals surface area contributed by atoms with Gasteiger partial charge in [0.1, 0.15) is 5.75 Å². The maximum atomic E-state index is 5.60. The number of rotatable bonds is 4. The summed E-state index contributed by atoms with van der Waals surface area (Å²) in [6.07, 6.45) is 2.33. The van der Waals surface area contributed by atoms with E-state index in [1.54, 1.807) is 0 Å². The van der Waals surface area contributed by atoms with Gasteiger partial charge in [-0.2, -0.15) is 0 Å². The maximum Gasteiger partial charge on any atom is 0.119 e. The van der Waals surface area contributed by atoms with Gasteiger partial charge in [-0.1, -0.05) is 39.0 Å². The first-order valence-electron chi connectivity index (χ1n) is 5.26. The van der Waals surface area contributed by atoms with Crippen molar-refractivity contribution in [2.75, 3.05) is 6.61 Å². The summed E-state index contributed by atoms with van der Waals surface area (Å²) in [7, 11) is 0. The molecule has 0 amide bonds. The lowest BCUT2D eigenvalue weighted by Crippen LogP contribution is -2.07. The van der Waals surface area contributed by atoms with Gasteiger partial charge in [0.05, 0.1) is 6.61 Å². The molecule has 78 valence electrons. The van der Waals surface area contributed by atoms with Gasteiger partial charge in [0, 0.05) is 0 Å². The van der Waals surface area contributed by atoms with Gasteiger partial charge < -0.3 is 4.74 Å². The Morgan fingerprint density at radius 1 is 1.07 bits per heavy atom. The molecule has 0 radical (unpaired) electrons. The zero-order valence-corrected chi connectivity index (χ0v) is 9.42. The third-order valence-electron chi connectivity index (χ3n) is 2.08. The average Bonchev–Trinajstić information content (AvgIpc) is 2.13. The highest BCUT2D eigenvalue weighted by Crippen LogP contribution is 2.20. The van der Waals surface area contributed by atoms with Gasteiger partial charge in [0.15, 0.2) is 0 Å². The smallest absolute Gasteiger partial charge is 0.119 e. The molecule has 1 heteroatoms. The molecule has 1 aromatic carbocycles. The van der Waals surface area contributed by atoms with E-state index in [0.717, 1.165) is 18.8 Å². The summed E-state index contributed by atoms with van der Waals surface area (Å²) in [5.41, 5.74) is 0.417.